The van der Waals surface area contributed by atoms with Crippen LogP contribution in [-0.4, -0.2) is 28.1 Å². The van der Waals surface area contributed by atoms with Crippen molar-refractivity contribution in [3.05, 3.63) is 83.7 Å². The number of nitrogens with zero attached hydrogens (tertiary/aromatic N) is 2. The molecule has 0 unspecified atom stereocenters. The molecule has 2 aromatic carbocycles. The molecule has 1 amide bonds. The summed E-state index contributed by atoms with van der Waals surface area (Å²) in [6.45, 7) is 0.563. The lowest BCUT2D eigenvalue weighted by molar-refractivity contribution is 0.0543. The van der Waals surface area contributed by atoms with E-state index in [2.05, 4.69) is 34.5 Å². The number of aromatic nitrogens is 2. The van der Waals surface area contributed by atoms with Gasteiger partial charge in [-0.05, 0) is 47.7 Å². The third-order valence-electron chi connectivity index (χ3n) is 5.90. The van der Waals surface area contributed by atoms with Crippen molar-refractivity contribution in [1.29, 1.82) is 0 Å². The van der Waals surface area contributed by atoms with E-state index in [9.17, 15) is 4.79 Å². The number of H-pyrrole nitrogens is 1. The summed E-state index contributed by atoms with van der Waals surface area (Å²) in [6.07, 6.45) is 9.70. The second kappa shape index (κ2) is 6.37. The summed E-state index contributed by atoms with van der Waals surface area (Å²) in [5.74, 6) is 0.898. The molecule has 2 aliphatic rings. The van der Waals surface area contributed by atoms with Gasteiger partial charge in [-0.1, -0.05) is 36.4 Å². The Labute approximate surface area is 163 Å². The van der Waals surface area contributed by atoms with E-state index in [0.717, 1.165) is 46.4 Å². The Bertz CT molecular complexity index is 1060. The molecule has 0 atom stereocenters. The fourth-order valence-electron chi connectivity index (χ4n) is 4.46. The van der Waals surface area contributed by atoms with Gasteiger partial charge in [0.1, 0.15) is 5.75 Å². The van der Waals surface area contributed by atoms with Crippen LogP contribution in [0.1, 0.15) is 34.3 Å². The second-order valence-electron chi connectivity index (χ2n) is 7.40. The van der Waals surface area contributed by atoms with Gasteiger partial charge in [-0.15, -0.1) is 0 Å². The number of benzene rings is 2. The molecule has 0 saturated heterocycles. The van der Waals surface area contributed by atoms with Crippen LogP contribution in [0.15, 0.2) is 67.0 Å². The molecule has 0 radical (unpaired) electrons. The summed E-state index contributed by atoms with van der Waals surface area (Å²) < 4.78 is 5.36. The number of hydrogen-bond donors (Lipinski definition) is 1. The third kappa shape index (κ3) is 2.47. The van der Waals surface area contributed by atoms with Crippen LogP contribution < -0.4 is 4.74 Å². The van der Waals surface area contributed by atoms with Gasteiger partial charge in [0, 0.05) is 23.9 Å². The zero-order valence-corrected chi connectivity index (χ0v) is 15.7. The number of methoxy groups -OCH3 is 1. The van der Waals surface area contributed by atoms with E-state index in [1.807, 2.05) is 41.4 Å². The van der Waals surface area contributed by atoms with Gasteiger partial charge in [0.25, 0.3) is 5.91 Å². The SMILES string of the molecule is COc1cccc(CN2C(=O)c3cc(-c4cn[nH]c4)ccc3C23CC=CC3)c1. The Morgan fingerprint density at radius 3 is 2.75 bits per heavy atom. The van der Waals surface area contributed by atoms with Crippen molar-refractivity contribution >= 4 is 5.91 Å². The zero-order chi connectivity index (χ0) is 19.1. The van der Waals surface area contributed by atoms with Crippen molar-refractivity contribution in [2.45, 2.75) is 24.9 Å². The number of aromatic amines is 1. The first-order valence-corrected chi connectivity index (χ1v) is 9.45. The van der Waals surface area contributed by atoms with Crippen LogP contribution in [0.3, 0.4) is 0 Å². The molecule has 2 heterocycles. The number of hydrogen-bond acceptors (Lipinski definition) is 3. The first-order valence-electron chi connectivity index (χ1n) is 9.45. The number of amides is 1. The molecule has 1 aliphatic carbocycles. The molecule has 1 aliphatic heterocycles. The van der Waals surface area contributed by atoms with Crippen molar-refractivity contribution in [3.63, 3.8) is 0 Å². The summed E-state index contributed by atoms with van der Waals surface area (Å²) in [5.41, 5.74) is 4.69. The van der Waals surface area contributed by atoms with Gasteiger partial charge in [0.2, 0.25) is 0 Å². The minimum atomic E-state index is -0.287. The molecule has 3 aromatic rings. The number of fused-ring (bicyclic) bond motifs is 2. The van der Waals surface area contributed by atoms with Crippen molar-refractivity contribution in [3.8, 4) is 16.9 Å². The second-order valence-corrected chi connectivity index (χ2v) is 7.40. The van der Waals surface area contributed by atoms with Crippen LogP contribution in [0.4, 0.5) is 0 Å². The lowest BCUT2D eigenvalue weighted by Gasteiger charge is -2.36. The molecule has 1 N–H and O–H groups in total. The lowest BCUT2D eigenvalue weighted by atomic mass is 9.86. The minimum absolute atomic E-state index is 0.0897. The molecule has 28 heavy (non-hydrogen) atoms. The van der Waals surface area contributed by atoms with Crippen molar-refractivity contribution in [1.82, 2.24) is 15.1 Å². The standard InChI is InChI=1S/C23H21N3O2/c1-28-19-6-4-5-16(11-19)15-26-22(27)20-12-17(18-13-24-25-14-18)7-8-21(20)23(26)9-2-3-10-23/h2-8,11-14H,9-10,15H2,1H3,(H,24,25). The molecule has 0 saturated carbocycles. The van der Waals surface area contributed by atoms with Crippen LogP contribution in [-0.2, 0) is 12.1 Å². The van der Waals surface area contributed by atoms with E-state index in [-0.39, 0.29) is 11.4 Å². The number of rotatable bonds is 4. The van der Waals surface area contributed by atoms with Crippen molar-refractivity contribution in [2.75, 3.05) is 7.11 Å². The molecule has 1 aromatic heterocycles. The van der Waals surface area contributed by atoms with Crippen molar-refractivity contribution in [2.24, 2.45) is 0 Å². The first-order chi connectivity index (χ1) is 13.7. The monoisotopic (exact) mass is 371 g/mol. The molecular formula is C23H21N3O2. The molecule has 5 heteroatoms. The number of carbonyl (C=O) groups is 1. The van der Waals surface area contributed by atoms with E-state index in [1.54, 1.807) is 13.3 Å². The molecule has 140 valence electrons. The minimum Gasteiger partial charge on any atom is -0.497 e. The molecule has 5 rings (SSSR count). The van der Waals surface area contributed by atoms with Crippen LogP contribution in [0.2, 0.25) is 0 Å². The highest BCUT2D eigenvalue weighted by Gasteiger charge is 2.49. The summed E-state index contributed by atoms with van der Waals surface area (Å²) in [4.78, 5) is 15.5. The van der Waals surface area contributed by atoms with E-state index in [0.29, 0.717) is 6.54 Å². The normalized spacial score (nSPS) is 16.8. The summed E-state index contributed by atoms with van der Waals surface area (Å²) >= 11 is 0. The van der Waals surface area contributed by atoms with Gasteiger partial charge >= 0.3 is 0 Å². The predicted molar refractivity (Wildman–Crippen MR) is 107 cm³/mol. The molecule has 0 fully saturated rings. The quantitative estimate of drug-likeness (QED) is 0.696. The lowest BCUT2D eigenvalue weighted by Crippen LogP contribution is -2.41. The van der Waals surface area contributed by atoms with Crippen molar-refractivity contribution < 1.29 is 9.53 Å². The maximum atomic E-state index is 13.5. The average Bonchev–Trinajstić information content (AvgIpc) is 3.47. The maximum Gasteiger partial charge on any atom is 0.255 e. The highest BCUT2D eigenvalue weighted by Crippen LogP contribution is 2.49. The Morgan fingerprint density at radius 2 is 2.00 bits per heavy atom. The molecule has 1 spiro atoms. The van der Waals surface area contributed by atoms with E-state index in [4.69, 9.17) is 4.74 Å². The number of ether oxygens (including phenoxy) is 1. The van der Waals surface area contributed by atoms with Gasteiger partial charge in [-0.25, -0.2) is 0 Å². The van der Waals surface area contributed by atoms with Gasteiger partial charge in [0.15, 0.2) is 0 Å². The van der Waals surface area contributed by atoms with Gasteiger partial charge in [-0.3, -0.25) is 9.89 Å². The maximum absolute atomic E-state index is 13.5. The third-order valence-corrected chi connectivity index (χ3v) is 5.90. The van der Waals surface area contributed by atoms with Gasteiger partial charge < -0.3 is 9.64 Å². The predicted octanol–water partition coefficient (Wildman–Crippen LogP) is 4.29. The molecule has 0 bridgehead atoms. The largest absolute Gasteiger partial charge is 0.497 e. The summed E-state index contributed by atoms with van der Waals surface area (Å²) in [6, 6.07) is 14.2. The Balaban J connectivity index is 1.56. The van der Waals surface area contributed by atoms with Crippen LogP contribution in [0, 0.1) is 0 Å². The Hall–Kier alpha value is -3.34. The van der Waals surface area contributed by atoms with E-state index >= 15 is 0 Å². The fourth-order valence-corrected chi connectivity index (χ4v) is 4.46. The molecule has 5 nitrogen and oxygen atoms in total. The van der Waals surface area contributed by atoms with E-state index < -0.39 is 0 Å². The average molecular weight is 371 g/mol. The number of carbonyl (C=O) groups excluding carboxylic acids is 1. The molecular weight excluding hydrogens is 350 g/mol. The van der Waals surface area contributed by atoms with E-state index in [1.165, 1.54) is 0 Å². The van der Waals surface area contributed by atoms with Gasteiger partial charge in [0.05, 0.1) is 18.8 Å². The Kier molecular flexibility index (Phi) is 3.83. The van der Waals surface area contributed by atoms with Gasteiger partial charge in [-0.2, -0.15) is 5.10 Å². The highest BCUT2D eigenvalue weighted by molar-refractivity contribution is 6.01. The van der Waals surface area contributed by atoms with Crippen LogP contribution in [0.25, 0.3) is 11.1 Å². The smallest absolute Gasteiger partial charge is 0.255 e. The fraction of sp³-hybridized carbons (Fsp3) is 0.217. The zero-order valence-electron chi connectivity index (χ0n) is 15.7. The number of nitrogens with one attached hydrogen (secondary N) is 1. The highest BCUT2D eigenvalue weighted by atomic mass is 16.5. The Morgan fingerprint density at radius 1 is 1.14 bits per heavy atom. The first kappa shape index (κ1) is 16.8. The van der Waals surface area contributed by atoms with Crippen LogP contribution in [0.5, 0.6) is 5.75 Å². The topological polar surface area (TPSA) is 58.2 Å². The van der Waals surface area contributed by atoms with Crippen LogP contribution >= 0.6 is 0 Å². The summed E-state index contributed by atoms with van der Waals surface area (Å²) in [5, 5.41) is 6.87. The summed E-state index contributed by atoms with van der Waals surface area (Å²) in [7, 11) is 1.66.